The predicted octanol–water partition coefficient (Wildman–Crippen LogP) is 18.4. The smallest absolute Gasteiger partial charge is 0.0622 e. The number of rotatable bonds is 8. The van der Waals surface area contributed by atoms with Gasteiger partial charge in [-0.2, -0.15) is 0 Å². The average molecular weight is 917 g/mol. The SMILES string of the molecule is CC1(C)c2ccccc2-c2ccc(-c3cccc(CC(c4ccc(-c5ccccc5)cc4)c4ccc(-c5cccc6c5-c5ccccc5C65c6ccccc6-c6c(-c7ccccc7)cccc65)cc4)c3)cc21. The summed E-state index contributed by atoms with van der Waals surface area (Å²) in [7, 11) is 0. The molecule has 0 aliphatic heterocycles. The van der Waals surface area contributed by atoms with Crippen LogP contribution in [0.1, 0.15) is 69.8 Å². The summed E-state index contributed by atoms with van der Waals surface area (Å²) in [5.41, 5.74) is 29.7. The molecule has 11 aromatic rings. The van der Waals surface area contributed by atoms with Crippen molar-refractivity contribution in [1.29, 1.82) is 0 Å². The molecule has 0 saturated carbocycles. The molecule has 340 valence electrons. The molecule has 2 atom stereocenters. The van der Waals surface area contributed by atoms with Crippen molar-refractivity contribution in [2.24, 2.45) is 0 Å². The zero-order valence-electron chi connectivity index (χ0n) is 40.6. The van der Waals surface area contributed by atoms with Crippen LogP contribution < -0.4 is 0 Å². The Hall–Kier alpha value is -8.58. The van der Waals surface area contributed by atoms with Crippen molar-refractivity contribution in [3.05, 3.63) is 311 Å². The van der Waals surface area contributed by atoms with E-state index in [0.29, 0.717) is 0 Å². The van der Waals surface area contributed by atoms with Crippen LogP contribution in [0, 0.1) is 0 Å². The molecule has 0 bridgehead atoms. The second kappa shape index (κ2) is 16.5. The van der Waals surface area contributed by atoms with Crippen LogP contribution >= 0.6 is 0 Å². The first-order valence-corrected chi connectivity index (χ1v) is 25.6. The fraction of sp³-hybridized carbons (Fsp3) is 0.0833. The summed E-state index contributed by atoms with van der Waals surface area (Å²) in [6.45, 7) is 4.74. The molecule has 0 nitrogen and oxygen atoms in total. The number of hydrogen-bond acceptors (Lipinski definition) is 0. The van der Waals surface area contributed by atoms with E-state index >= 15 is 0 Å². The molecule has 0 amide bonds. The quantitative estimate of drug-likeness (QED) is 0.142. The summed E-state index contributed by atoms with van der Waals surface area (Å²) in [5.74, 6) is 0.142. The third-order valence-electron chi connectivity index (χ3n) is 16.6. The second-order valence-corrected chi connectivity index (χ2v) is 20.7. The maximum absolute atomic E-state index is 2.44. The minimum atomic E-state index is -0.439. The zero-order chi connectivity index (χ0) is 48.0. The van der Waals surface area contributed by atoms with Crippen molar-refractivity contribution in [1.82, 2.24) is 0 Å². The lowest BCUT2D eigenvalue weighted by atomic mass is 9.70. The highest BCUT2D eigenvalue weighted by Gasteiger charge is 2.52. The summed E-state index contributed by atoms with van der Waals surface area (Å²) in [5, 5.41) is 0. The Bertz CT molecular complexity index is 3890. The van der Waals surface area contributed by atoms with Gasteiger partial charge in [-0.15, -0.1) is 0 Å². The standard InChI is InChI=1S/C72H52/c1-71(2)63-29-12-9-24-58(63)59-43-42-55(46-68(59)71)54-23-15-18-47(44-54)45-62(52-36-34-49(35-37-52)48-19-5-3-6-20-48)53-40-38-51(39-41-53)57-28-17-33-67-70(57)61-26-11-14-31-65(61)72(67)64-30-13-10-25-60(64)69-56(27-16-32-66(69)72)50-21-7-4-8-22-50/h3-44,46,62H,45H2,1-2H3. The average Bonchev–Trinajstić information content (AvgIpc) is 4.02. The van der Waals surface area contributed by atoms with Crippen molar-refractivity contribution in [2.75, 3.05) is 0 Å². The first-order chi connectivity index (χ1) is 35.5. The predicted molar refractivity (Wildman–Crippen MR) is 300 cm³/mol. The van der Waals surface area contributed by atoms with Crippen molar-refractivity contribution in [3.8, 4) is 77.9 Å². The van der Waals surface area contributed by atoms with Gasteiger partial charge in [0.25, 0.3) is 0 Å². The van der Waals surface area contributed by atoms with Gasteiger partial charge in [0.15, 0.2) is 0 Å². The highest BCUT2D eigenvalue weighted by atomic mass is 14.5. The van der Waals surface area contributed by atoms with E-state index in [-0.39, 0.29) is 11.3 Å². The molecule has 0 aromatic heterocycles. The topological polar surface area (TPSA) is 0 Å². The van der Waals surface area contributed by atoms with E-state index in [1.54, 1.807) is 0 Å². The van der Waals surface area contributed by atoms with Gasteiger partial charge in [-0.25, -0.2) is 0 Å². The van der Waals surface area contributed by atoms with Crippen molar-refractivity contribution in [3.63, 3.8) is 0 Å². The highest BCUT2D eigenvalue weighted by Crippen LogP contribution is 2.65. The molecule has 2 unspecified atom stereocenters. The fourth-order valence-electron chi connectivity index (χ4n) is 13.2. The zero-order valence-corrected chi connectivity index (χ0v) is 40.6. The lowest BCUT2D eigenvalue weighted by molar-refractivity contribution is 0.660. The minimum Gasteiger partial charge on any atom is -0.0622 e. The molecule has 0 N–H and O–H groups in total. The summed E-state index contributed by atoms with van der Waals surface area (Å²) in [4.78, 5) is 0. The third kappa shape index (κ3) is 6.38. The van der Waals surface area contributed by atoms with Gasteiger partial charge in [0.05, 0.1) is 5.41 Å². The van der Waals surface area contributed by atoms with E-state index in [1.807, 2.05) is 0 Å². The maximum Gasteiger partial charge on any atom is 0.0725 e. The minimum absolute atomic E-state index is 0.0483. The lowest BCUT2D eigenvalue weighted by Gasteiger charge is -2.30. The number of hydrogen-bond donors (Lipinski definition) is 0. The van der Waals surface area contributed by atoms with Gasteiger partial charge in [-0.1, -0.05) is 269 Å². The molecule has 72 heavy (non-hydrogen) atoms. The van der Waals surface area contributed by atoms with Crippen LogP contribution in [0.15, 0.2) is 261 Å². The van der Waals surface area contributed by atoms with E-state index < -0.39 is 5.41 Å². The largest absolute Gasteiger partial charge is 0.0725 e. The van der Waals surface area contributed by atoms with Crippen molar-refractivity contribution in [2.45, 2.75) is 37.0 Å². The van der Waals surface area contributed by atoms with Crippen LogP contribution in [0.2, 0.25) is 0 Å². The molecule has 14 rings (SSSR count). The van der Waals surface area contributed by atoms with Crippen LogP contribution in [0.5, 0.6) is 0 Å². The van der Waals surface area contributed by atoms with Crippen LogP contribution in [-0.4, -0.2) is 0 Å². The summed E-state index contributed by atoms with van der Waals surface area (Å²) in [6, 6.07) is 98.2. The first-order valence-electron chi connectivity index (χ1n) is 25.6. The highest BCUT2D eigenvalue weighted by molar-refractivity contribution is 6.02. The monoisotopic (exact) mass is 916 g/mol. The van der Waals surface area contributed by atoms with Crippen LogP contribution in [-0.2, 0) is 17.3 Å². The molecule has 0 heterocycles. The van der Waals surface area contributed by atoms with Gasteiger partial charge in [0.1, 0.15) is 0 Å². The summed E-state index contributed by atoms with van der Waals surface area (Å²) >= 11 is 0. The molecule has 1 spiro atoms. The van der Waals surface area contributed by atoms with Gasteiger partial charge in [-0.05, 0) is 140 Å². The molecule has 0 fully saturated rings. The van der Waals surface area contributed by atoms with Gasteiger partial charge in [-0.3, -0.25) is 0 Å². The Morgan fingerprint density at radius 3 is 1.29 bits per heavy atom. The Morgan fingerprint density at radius 1 is 0.278 bits per heavy atom. The van der Waals surface area contributed by atoms with E-state index in [2.05, 4.69) is 275 Å². The molecule has 0 saturated heterocycles. The molecule has 11 aromatic carbocycles. The first kappa shape index (κ1) is 42.3. The van der Waals surface area contributed by atoms with E-state index in [1.165, 1.54) is 128 Å². The number of fused-ring (bicyclic) bond motifs is 13. The van der Waals surface area contributed by atoms with Crippen LogP contribution in [0.3, 0.4) is 0 Å². The van der Waals surface area contributed by atoms with E-state index in [9.17, 15) is 0 Å². The van der Waals surface area contributed by atoms with Gasteiger partial charge in [0.2, 0.25) is 0 Å². The maximum atomic E-state index is 2.44. The molecule has 3 aliphatic rings. The third-order valence-corrected chi connectivity index (χ3v) is 16.6. The Morgan fingerprint density at radius 2 is 0.681 bits per heavy atom. The second-order valence-electron chi connectivity index (χ2n) is 20.7. The molecular formula is C72H52. The Balaban J connectivity index is 0.863. The summed E-state index contributed by atoms with van der Waals surface area (Å²) < 4.78 is 0. The van der Waals surface area contributed by atoms with Crippen LogP contribution in [0.25, 0.3) is 77.9 Å². The molecule has 0 radical (unpaired) electrons. The van der Waals surface area contributed by atoms with E-state index in [4.69, 9.17) is 0 Å². The lowest BCUT2D eigenvalue weighted by Crippen LogP contribution is -2.25. The number of benzene rings is 11. The van der Waals surface area contributed by atoms with Crippen LogP contribution in [0.4, 0.5) is 0 Å². The fourth-order valence-corrected chi connectivity index (χ4v) is 13.2. The Kier molecular flexibility index (Phi) is 9.70. The Labute approximate surface area is 423 Å². The normalized spacial score (nSPS) is 15.5. The van der Waals surface area contributed by atoms with E-state index in [0.717, 1.165) is 6.42 Å². The molecule has 0 heteroatoms. The molecular weight excluding hydrogens is 865 g/mol. The van der Waals surface area contributed by atoms with Gasteiger partial charge >= 0.3 is 0 Å². The summed E-state index contributed by atoms with van der Waals surface area (Å²) in [6.07, 6.45) is 0.875. The van der Waals surface area contributed by atoms with Crippen molar-refractivity contribution < 1.29 is 0 Å². The molecule has 3 aliphatic carbocycles. The van der Waals surface area contributed by atoms with Gasteiger partial charge < -0.3 is 0 Å². The van der Waals surface area contributed by atoms with Crippen molar-refractivity contribution >= 4 is 0 Å². The van der Waals surface area contributed by atoms with Gasteiger partial charge in [0, 0.05) is 11.3 Å².